The number of nitrogens with zero attached hydrogens (tertiary/aromatic N) is 1. The Morgan fingerprint density at radius 1 is 1.35 bits per heavy atom. The van der Waals surface area contributed by atoms with Crippen molar-refractivity contribution in [2.75, 3.05) is 7.11 Å². The molecule has 3 N–H and O–H groups in total. The summed E-state index contributed by atoms with van der Waals surface area (Å²) < 4.78 is 7.22. The fourth-order valence-electron chi connectivity index (χ4n) is 1.02. The Morgan fingerprint density at radius 2 is 1.90 bits per heavy atom. The molecule has 0 aromatic rings. The van der Waals surface area contributed by atoms with Gasteiger partial charge in [0.05, 0.1) is 7.11 Å². The molecule has 0 fully saturated rings. The van der Waals surface area contributed by atoms with Crippen LogP contribution in [-0.2, 0) is 4.74 Å². The molecule has 0 rings (SSSR count). The molecule has 20 heavy (non-hydrogen) atoms. The molecule has 1 atom stereocenters. The van der Waals surface area contributed by atoms with Crippen LogP contribution in [0.2, 0.25) is 0 Å². The molecule has 0 saturated carbocycles. The molecular weight excluding hydrogens is 280 g/mol. The van der Waals surface area contributed by atoms with Gasteiger partial charge in [-0.3, -0.25) is 10.1 Å². The summed E-state index contributed by atoms with van der Waals surface area (Å²) in [7, 11) is 1.23. The van der Waals surface area contributed by atoms with Gasteiger partial charge in [0.25, 0.3) is 0 Å². The molecule has 0 heterocycles. The van der Waals surface area contributed by atoms with Crippen LogP contribution in [0.3, 0.4) is 0 Å². The fourth-order valence-corrected chi connectivity index (χ4v) is 1.58. The number of amidine groups is 1. The maximum Gasteiger partial charge on any atom is 0.343 e. The Labute approximate surface area is 124 Å². The lowest BCUT2D eigenvalue weighted by Crippen LogP contribution is -2.54. The van der Waals surface area contributed by atoms with Crippen LogP contribution in [0, 0.1) is 5.41 Å². The van der Waals surface area contributed by atoms with Crippen molar-refractivity contribution in [3.8, 4) is 0 Å². The maximum atomic E-state index is 12.0. The van der Waals surface area contributed by atoms with Crippen molar-refractivity contribution in [2.24, 2.45) is 0 Å². The molecule has 0 aromatic carbocycles. The van der Waals surface area contributed by atoms with Crippen molar-refractivity contribution in [3.05, 3.63) is 0 Å². The minimum atomic E-state index is -0.705. The number of hydrogen-bond acceptors (Lipinski definition) is 5. The van der Waals surface area contributed by atoms with Gasteiger partial charge in [0, 0.05) is 10.8 Å². The van der Waals surface area contributed by atoms with Gasteiger partial charge in [-0.25, -0.2) is 9.59 Å². The van der Waals surface area contributed by atoms with E-state index in [1.54, 1.807) is 20.8 Å². The predicted molar refractivity (Wildman–Crippen MR) is 80.7 cm³/mol. The highest BCUT2D eigenvalue weighted by Gasteiger charge is 2.29. The summed E-state index contributed by atoms with van der Waals surface area (Å²) in [6, 6.07) is -1.94. The number of hydrogen-bond donors (Lipinski definition) is 3. The molecule has 7 nitrogen and oxygen atoms in total. The Balaban J connectivity index is 4.84. The first-order chi connectivity index (χ1) is 9.12. The van der Waals surface area contributed by atoms with Crippen LogP contribution in [0.1, 0.15) is 41.0 Å². The number of rotatable bonds is 3. The molecule has 1 unspecified atom stereocenters. The van der Waals surface area contributed by atoms with Crippen LogP contribution in [0.4, 0.5) is 9.59 Å². The van der Waals surface area contributed by atoms with Crippen molar-refractivity contribution >= 4 is 30.0 Å². The molecule has 0 aliphatic heterocycles. The summed E-state index contributed by atoms with van der Waals surface area (Å²) in [5.74, 6) is 0. The average Bonchev–Trinajstić information content (AvgIpc) is 2.33. The fraction of sp³-hybridized carbons (Fsp3) is 0.750. The second kappa shape index (κ2) is 7.98. The Bertz CT molecular complexity index is 368. The number of imide groups is 1. The summed E-state index contributed by atoms with van der Waals surface area (Å²) in [4.78, 5) is 24.7. The Kier molecular flexibility index (Phi) is 7.41. The van der Waals surface area contributed by atoms with Gasteiger partial charge in [-0.15, -0.1) is 0 Å². The number of methoxy groups -OCH3 is 1. The number of carbonyl (C=O) groups excluding carboxylic acids is 2. The van der Waals surface area contributed by atoms with E-state index in [-0.39, 0.29) is 5.25 Å². The van der Waals surface area contributed by atoms with E-state index in [1.165, 1.54) is 19.1 Å². The number of carbonyl (C=O) groups is 2. The normalized spacial score (nSPS) is 12.3. The first-order valence-corrected chi connectivity index (χ1v) is 7.20. The highest BCUT2D eigenvalue weighted by molar-refractivity contribution is 7.98. The molecule has 4 amide bonds. The van der Waals surface area contributed by atoms with Gasteiger partial charge in [0.2, 0.25) is 0 Å². The highest BCUT2D eigenvalue weighted by Crippen LogP contribution is 2.10. The number of urea groups is 2. The van der Waals surface area contributed by atoms with E-state index < -0.39 is 23.6 Å². The number of amides is 4. The third-order valence-corrected chi connectivity index (χ3v) is 3.24. The van der Waals surface area contributed by atoms with E-state index in [4.69, 9.17) is 5.41 Å². The van der Waals surface area contributed by atoms with E-state index in [0.29, 0.717) is 4.90 Å². The first kappa shape index (κ1) is 18.6. The molecule has 0 spiro atoms. The van der Waals surface area contributed by atoms with E-state index >= 15 is 0 Å². The summed E-state index contributed by atoms with van der Waals surface area (Å²) in [5.41, 5.74) is -0.520. The topological polar surface area (TPSA) is 94.5 Å². The van der Waals surface area contributed by atoms with Crippen molar-refractivity contribution in [3.63, 3.8) is 0 Å². The van der Waals surface area contributed by atoms with Crippen molar-refractivity contribution < 1.29 is 14.3 Å². The average molecular weight is 304 g/mol. The zero-order valence-corrected chi connectivity index (χ0v) is 13.7. The van der Waals surface area contributed by atoms with Crippen molar-refractivity contribution in [1.82, 2.24) is 14.9 Å². The first-order valence-electron chi connectivity index (χ1n) is 6.32. The largest absolute Gasteiger partial charge is 0.468 e. The standard InChI is InChI=1S/C12H24N4O3S/c1-7-8(2)20-15-11(18)16(9(13)19-6)10(17)14-12(3,4)5/h8,13H,7H2,1-6H3,(H,14,17)(H,15,18). The smallest absolute Gasteiger partial charge is 0.343 e. The Hall–Kier alpha value is -1.44. The minimum absolute atomic E-state index is 0.211. The third kappa shape index (κ3) is 6.65. The minimum Gasteiger partial charge on any atom is -0.468 e. The lowest BCUT2D eigenvalue weighted by molar-refractivity contribution is 0.192. The molecule has 0 aliphatic carbocycles. The number of nitrogens with one attached hydrogen (secondary N) is 3. The molecular formula is C12H24N4O3S. The van der Waals surface area contributed by atoms with E-state index in [1.807, 2.05) is 13.8 Å². The molecule has 0 aromatic heterocycles. The lowest BCUT2D eigenvalue weighted by atomic mass is 10.1. The van der Waals surface area contributed by atoms with Crippen LogP contribution < -0.4 is 10.0 Å². The summed E-state index contributed by atoms with van der Waals surface area (Å²) in [5, 5.41) is 10.4. The van der Waals surface area contributed by atoms with Crippen molar-refractivity contribution in [2.45, 2.75) is 51.8 Å². The molecule has 0 radical (unpaired) electrons. The predicted octanol–water partition coefficient (Wildman–Crippen LogP) is 2.53. The zero-order valence-electron chi connectivity index (χ0n) is 12.9. The zero-order chi connectivity index (χ0) is 15.9. The van der Waals surface area contributed by atoms with Gasteiger partial charge in [0.15, 0.2) is 0 Å². The van der Waals surface area contributed by atoms with E-state index in [2.05, 4.69) is 14.8 Å². The van der Waals surface area contributed by atoms with Crippen molar-refractivity contribution in [1.29, 1.82) is 5.41 Å². The molecule has 0 bridgehead atoms. The maximum absolute atomic E-state index is 12.0. The highest BCUT2D eigenvalue weighted by atomic mass is 32.2. The SMILES string of the molecule is CCC(C)SNC(=O)N(C(=N)OC)C(=O)NC(C)(C)C. The van der Waals surface area contributed by atoms with Crippen LogP contribution in [-0.4, -0.2) is 40.9 Å². The van der Waals surface area contributed by atoms with Gasteiger partial charge < -0.3 is 10.1 Å². The van der Waals surface area contributed by atoms with Gasteiger partial charge in [-0.1, -0.05) is 13.8 Å². The van der Waals surface area contributed by atoms with E-state index in [0.717, 1.165) is 6.42 Å². The summed E-state index contributed by atoms with van der Waals surface area (Å²) >= 11 is 1.20. The van der Waals surface area contributed by atoms with Gasteiger partial charge in [-0.2, -0.15) is 4.90 Å². The summed E-state index contributed by atoms with van der Waals surface area (Å²) in [6.07, 6.45) is 0.876. The lowest BCUT2D eigenvalue weighted by Gasteiger charge is -2.26. The van der Waals surface area contributed by atoms with Gasteiger partial charge in [0.1, 0.15) is 0 Å². The van der Waals surface area contributed by atoms with Crippen LogP contribution in [0.25, 0.3) is 0 Å². The van der Waals surface area contributed by atoms with E-state index in [9.17, 15) is 9.59 Å². The van der Waals surface area contributed by atoms with Crippen LogP contribution in [0.15, 0.2) is 0 Å². The Morgan fingerprint density at radius 3 is 2.30 bits per heavy atom. The molecule has 0 aliphatic rings. The monoisotopic (exact) mass is 304 g/mol. The second-order valence-electron chi connectivity index (χ2n) is 5.27. The van der Waals surface area contributed by atoms with Crippen LogP contribution in [0.5, 0.6) is 0 Å². The molecule has 0 saturated heterocycles. The van der Waals surface area contributed by atoms with Gasteiger partial charge >= 0.3 is 18.1 Å². The van der Waals surface area contributed by atoms with Crippen LogP contribution >= 0.6 is 11.9 Å². The third-order valence-electron chi connectivity index (χ3n) is 2.21. The number of ether oxygens (including phenoxy) is 1. The second-order valence-corrected chi connectivity index (χ2v) is 6.51. The summed E-state index contributed by atoms with van der Waals surface area (Å²) in [6.45, 7) is 9.29. The molecule has 8 heteroatoms. The molecule has 116 valence electrons. The quantitative estimate of drug-likeness (QED) is 0.424. The van der Waals surface area contributed by atoms with Gasteiger partial charge in [-0.05, 0) is 39.1 Å².